The summed E-state index contributed by atoms with van der Waals surface area (Å²) in [5.41, 5.74) is 0. The quantitative estimate of drug-likeness (QED) is 0.508. The topological polar surface area (TPSA) is 52.6 Å². The van der Waals surface area contributed by atoms with Crippen LogP contribution in [0.2, 0.25) is 0 Å². The van der Waals surface area contributed by atoms with E-state index in [1.807, 2.05) is 6.92 Å². The van der Waals surface area contributed by atoms with Gasteiger partial charge in [-0.05, 0) is 32.1 Å². The van der Waals surface area contributed by atoms with Crippen LogP contribution in [-0.4, -0.2) is 30.0 Å². The molecule has 0 aromatic rings. The van der Waals surface area contributed by atoms with E-state index in [4.69, 9.17) is 21.1 Å². The van der Waals surface area contributed by atoms with Crippen molar-refractivity contribution in [3.63, 3.8) is 0 Å². The number of carbonyl (C=O) groups excluding carboxylic acids is 2. The van der Waals surface area contributed by atoms with Gasteiger partial charge in [-0.15, -0.1) is 11.6 Å². The smallest absolute Gasteiger partial charge is 0.309 e. The van der Waals surface area contributed by atoms with Crippen LogP contribution in [-0.2, 0) is 19.1 Å². The molecule has 5 heteroatoms. The van der Waals surface area contributed by atoms with Crippen molar-refractivity contribution in [3.8, 4) is 0 Å². The number of alkyl halides is 1. The van der Waals surface area contributed by atoms with Gasteiger partial charge in [-0.1, -0.05) is 19.8 Å². The fourth-order valence-electron chi connectivity index (χ4n) is 2.30. The Morgan fingerprint density at radius 1 is 1.20 bits per heavy atom. The summed E-state index contributed by atoms with van der Waals surface area (Å²) in [7, 11) is 0. The van der Waals surface area contributed by atoms with Gasteiger partial charge in [-0.2, -0.15) is 0 Å². The van der Waals surface area contributed by atoms with Gasteiger partial charge >= 0.3 is 11.9 Å². The van der Waals surface area contributed by atoms with E-state index in [0.29, 0.717) is 6.42 Å². The van der Waals surface area contributed by atoms with E-state index in [2.05, 4.69) is 0 Å². The second kappa shape index (κ2) is 10.0. The first-order chi connectivity index (χ1) is 9.65. The third-order valence-electron chi connectivity index (χ3n) is 3.45. The molecule has 0 radical (unpaired) electrons. The van der Waals surface area contributed by atoms with Gasteiger partial charge in [0, 0.05) is 6.42 Å². The molecule has 0 bridgehead atoms. The molecule has 0 heterocycles. The Morgan fingerprint density at radius 3 is 2.50 bits per heavy atom. The lowest BCUT2D eigenvalue weighted by Gasteiger charge is -2.23. The van der Waals surface area contributed by atoms with Gasteiger partial charge in [-0.3, -0.25) is 9.59 Å². The van der Waals surface area contributed by atoms with Crippen LogP contribution in [0.4, 0.5) is 0 Å². The fraction of sp³-hybridized carbons (Fsp3) is 0.867. The minimum atomic E-state index is -0.572. The molecule has 0 N–H and O–H groups in total. The third kappa shape index (κ3) is 7.13. The molecule has 0 aliphatic heterocycles. The molecule has 0 spiro atoms. The number of hydrogen-bond donors (Lipinski definition) is 0. The predicted octanol–water partition coefficient (Wildman–Crippen LogP) is 3.59. The third-order valence-corrected chi connectivity index (χ3v) is 3.79. The summed E-state index contributed by atoms with van der Waals surface area (Å²) in [5, 5.41) is 0. The SMILES string of the molecule is CCCCC(=O)OC(CCl)CC(=O)OC1CCCCC1. The maximum atomic E-state index is 11.8. The molecule has 4 nitrogen and oxygen atoms in total. The van der Waals surface area contributed by atoms with Gasteiger partial charge in [0.25, 0.3) is 0 Å². The van der Waals surface area contributed by atoms with Crippen LogP contribution in [0.3, 0.4) is 0 Å². The summed E-state index contributed by atoms with van der Waals surface area (Å²) < 4.78 is 10.6. The molecule has 0 aromatic carbocycles. The fourth-order valence-corrected chi connectivity index (χ4v) is 2.47. The molecule has 1 aliphatic rings. The summed E-state index contributed by atoms with van der Waals surface area (Å²) in [4.78, 5) is 23.3. The zero-order valence-corrected chi connectivity index (χ0v) is 13.0. The predicted molar refractivity (Wildman–Crippen MR) is 77.7 cm³/mol. The Hall–Kier alpha value is -0.770. The number of ether oxygens (including phenoxy) is 2. The van der Waals surface area contributed by atoms with Crippen molar-refractivity contribution in [2.45, 2.75) is 76.9 Å². The molecule has 1 fully saturated rings. The minimum absolute atomic E-state index is 0.0306. The zero-order chi connectivity index (χ0) is 14.8. The van der Waals surface area contributed by atoms with Crippen molar-refractivity contribution in [2.24, 2.45) is 0 Å². The van der Waals surface area contributed by atoms with Crippen LogP contribution in [0.25, 0.3) is 0 Å². The molecular formula is C15H25ClO4. The number of esters is 2. The molecule has 116 valence electrons. The first-order valence-corrected chi connectivity index (χ1v) is 8.14. The van der Waals surface area contributed by atoms with Crippen LogP contribution in [0.5, 0.6) is 0 Å². The van der Waals surface area contributed by atoms with Gasteiger partial charge < -0.3 is 9.47 Å². The van der Waals surface area contributed by atoms with E-state index >= 15 is 0 Å². The summed E-state index contributed by atoms with van der Waals surface area (Å²) in [6, 6.07) is 0. The van der Waals surface area contributed by atoms with E-state index in [1.54, 1.807) is 0 Å². The minimum Gasteiger partial charge on any atom is -0.462 e. The van der Waals surface area contributed by atoms with Crippen LogP contribution in [0.15, 0.2) is 0 Å². The normalized spacial score (nSPS) is 17.5. The molecule has 1 aliphatic carbocycles. The second-order valence-electron chi connectivity index (χ2n) is 5.32. The first-order valence-electron chi connectivity index (χ1n) is 7.60. The van der Waals surface area contributed by atoms with Gasteiger partial charge in [-0.25, -0.2) is 0 Å². The summed E-state index contributed by atoms with van der Waals surface area (Å²) in [6.45, 7) is 2.01. The van der Waals surface area contributed by atoms with Crippen molar-refractivity contribution < 1.29 is 19.1 Å². The van der Waals surface area contributed by atoms with E-state index in [9.17, 15) is 9.59 Å². The van der Waals surface area contributed by atoms with Crippen molar-refractivity contribution in [2.75, 3.05) is 5.88 Å². The number of carbonyl (C=O) groups is 2. The highest BCUT2D eigenvalue weighted by molar-refractivity contribution is 6.18. The lowest BCUT2D eigenvalue weighted by molar-refractivity contribution is -0.157. The molecule has 20 heavy (non-hydrogen) atoms. The number of hydrogen-bond acceptors (Lipinski definition) is 4. The van der Waals surface area contributed by atoms with Gasteiger partial charge in [0.2, 0.25) is 0 Å². The lowest BCUT2D eigenvalue weighted by Crippen LogP contribution is -2.27. The molecule has 0 aromatic heterocycles. The Bertz CT molecular complexity index is 300. The molecular weight excluding hydrogens is 280 g/mol. The molecule has 0 saturated heterocycles. The maximum Gasteiger partial charge on any atom is 0.309 e. The van der Waals surface area contributed by atoms with E-state index in [1.165, 1.54) is 6.42 Å². The second-order valence-corrected chi connectivity index (χ2v) is 5.63. The van der Waals surface area contributed by atoms with E-state index < -0.39 is 6.10 Å². The van der Waals surface area contributed by atoms with Crippen molar-refractivity contribution >= 4 is 23.5 Å². The largest absolute Gasteiger partial charge is 0.462 e. The monoisotopic (exact) mass is 304 g/mol. The average molecular weight is 305 g/mol. The van der Waals surface area contributed by atoms with Gasteiger partial charge in [0.05, 0.1) is 12.3 Å². The van der Waals surface area contributed by atoms with Crippen molar-refractivity contribution in [1.82, 2.24) is 0 Å². The Kier molecular flexibility index (Phi) is 8.67. The summed E-state index contributed by atoms with van der Waals surface area (Å²) in [6.07, 6.45) is 6.94. The van der Waals surface area contributed by atoms with Crippen LogP contribution in [0.1, 0.15) is 64.7 Å². The molecule has 1 unspecified atom stereocenters. The molecule has 1 saturated carbocycles. The maximum absolute atomic E-state index is 11.8. The first kappa shape index (κ1) is 17.3. The van der Waals surface area contributed by atoms with Gasteiger partial charge in [0.15, 0.2) is 0 Å². The lowest BCUT2D eigenvalue weighted by atomic mass is 9.98. The van der Waals surface area contributed by atoms with Crippen LogP contribution < -0.4 is 0 Å². The van der Waals surface area contributed by atoms with E-state index in [0.717, 1.165) is 38.5 Å². The molecule has 1 atom stereocenters. The van der Waals surface area contributed by atoms with Crippen LogP contribution in [0, 0.1) is 0 Å². The molecule has 0 amide bonds. The molecule has 1 rings (SSSR count). The Balaban J connectivity index is 2.27. The highest BCUT2D eigenvalue weighted by atomic mass is 35.5. The summed E-state index contributed by atoms with van der Waals surface area (Å²) >= 11 is 5.75. The number of unbranched alkanes of at least 4 members (excludes halogenated alkanes) is 1. The summed E-state index contributed by atoms with van der Waals surface area (Å²) in [5.74, 6) is -0.480. The number of halogens is 1. The Morgan fingerprint density at radius 2 is 1.90 bits per heavy atom. The number of rotatable bonds is 8. The average Bonchev–Trinajstić information content (AvgIpc) is 2.45. The van der Waals surface area contributed by atoms with E-state index in [-0.39, 0.29) is 30.3 Å². The van der Waals surface area contributed by atoms with Crippen molar-refractivity contribution in [3.05, 3.63) is 0 Å². The zero-order valence-electron chi connectivity index (χ0n) is 12.2. The standard InChI is InChI=1S/C15H25ClO4/c1-2-3-9-14(17)20-13(11-16)10-15(18)19-12-7-5-4-6-8-12/h12-13H,2-11H2,1H3. The Labute approximate surface area is 126 Å². The van der Waals surface area contributed by atoms with Crippen molar-refractivity contribution in [1.29, 1.82) is 0 Å². The highest BCUT2D eigenvalue weighted by Gasteiger charge is 2.22. The van der Waals surface area contributed by atoms with Crippen LogP contribution >= 0.6 is 11.6 Å². The highest BCUT2D eigenvalue weighted by Crippen LogP contribution is 2.21. The van der Waals surface area contributed by atoms with Gasteiger partial charge in [0.1, 0.15) is 12.2 Å².